The van der Waals surface area contributed by atoms with Crippen molar-refractivity contribution in [1.29, 1.82) is 0 Å². The maximum absolute atomic E-state index is 14.3. The highest BCUT2D eigenvalue weighted by atomic mass is 35.5. The summed E-state index contributed by atoms with van der Waals surface area (Å²) < 4.78 is 12.0. The molecule has 1 fully saturated rings. The highest BCUT2D eigenvalue weighted by molar-refractivity contribution is 6.08. The smallest absolute Gasteiger partial charge is 0.258 e. The summed E-state index contributed by atoms with van der Waals surface area (Å²) in [5, 5.41) is 13.9. The van der Waals surface area contributed by atoms with E-state index in [1.54, 1.807) is 6.92 Å². The molecule has 4 aromatic carbocycles. The second-order valence-corrected chi connectivity index (χ2v) is 12.7. The number of anilines is 1. The zero-order valence-electron chi connectivity index (χ0n) is 25.9. The van der Waals surface area contributed by atoms with Gasteiger partial charge in [-0.05, 0) is 116 Å². The number of piperidine rings is 1. The van der Waals surface area contributed by atoms with E-state index in [0.29, 0.717) is 17.3 Å². The van der Waals surface area contributed by atoms with Crippen LogP contribution in [0.4, 0.5) is 5.69 Å². The van der Waals surface area contributed by atoms with Crippen molar-refractivity contribution in [2.75, 3.05) is 24.6 Å². The Kier molecular flexibility index (Phi) is 7.41. The van der Waals surface area contributed by atoms with E-state index in [9.17, 15) is 4.79 Å². The van der Waals surface area contributed by atoms with Crippen molar-refractivity contribution in [2.24, 2.45) is 0 Å². The van der Waals surface area contributed by atoms with Gasteiger partial charge in [-0.3, -0.25) is 4.79 Å². The van der Waals surface area contributed by atoms with Crippen LogP contribution in [0.3, 0.4) is 0 Å². The second kappa shape index (κ2) is 11.3. The Morgan fingerprint density at radius 3 is 2.42 bits per heavy atom. The first-order chi connectivity index (χ1) is 21.4. The molecule has 0 bridgehead atoms. The summed E-state index contributed by atoms with van der Waals surface area (Å²) in [6.07, 6.45) is 4.01. The van der Waals surface area contributed by atoms with E-state index in [1.807, 2.05) is 29.2 Å². The Labute approximate surface area is 269 Å². The van der Waals surface area contributed by atoms with E-state index in [1.165, 1.54) is 11.1 Å². The molecule has 0 radical (unpaired) electrons. The van der Waals surface area contributed by atoms with Gasteiger partial charge < -0.3 is 19.4 Å². The van der Waals surface area contributed by atoms with Gasteiger partial charge in [0.2, 0.25) is 11.8 Å². The number of nitrogens with one attached hydrogen (secondary N) is 1. The third kappa shape index (κ3) is 4.80. The predicted molar refractivity (Wildman–Crippen MR) is 180 cm³/mol. The number of halogens is 1. The van der Waals surface area contributed by atoms with E-state index in [0.717, 1.165) is 89.8 Å². The van der Waals surface area contributed by atoms with Crippen LogP contribution < -0.4 is 15.0 Å². The maximum Gasteiger partial charge on any atom is 0.258 e. The van der Waals surface area contributed by atoms with Crippen LogP contribution in [0, 0.1) is 13.8 Å². The molecule has 1 N–H and O–H groups in total. The minimum Gasteiger partial charge on any atom is -0.492 e. The van der Waals surface area contributed by atoms with Crippen LogP contribution in [0.2, 0.25) is 0 Å². The number of hydrogen-bond acceptors (Lipinski definition) is 6. The topological polar surface area (TPSA) is 80.5 Å². The molecule has 1 saturated heterocycles. The molecule has 3 aliphatic rings. The Balaban J connectivity index is 0.00000325. The van der Waals surface area contributed by atoms with Crippen molar-refractivity contribution in [3.63, 3.8) is 0 Å². The van der Waals surface area contributed by atoms with Gasteiger partial charge in [0.25, 0.3) is 5.91 Å². The molecule has 1 atom stereocenters. The van der Waals surface area contributed by atoms with Crippen molar-refractivity contribution in [1.82, 2.24) is 15.5 Å². The van der Waals surface area contributed by atoms with Crippen molar-refractivity contribution in [3.05, 3.63) is 94.9 Å². The van der Waals surface area contributed by atoms with Crippen molar-refractivity contribution >= 4 is 34.8 Å². The van der Waals surface area contributed by atoms with Crippen molar-refractivity contribution in [3.8, 4) is 28.3 Å². The number of aromatic nitrogens is 2. The highest BCUT2D eigenvalue weighted by Gasteiger charge is 2.43. The summed E-state index contributed by atoms with van der Waals surface area (Å²) in [6, 6.07) is 23.2. The van der Waals surface area contributed by atoms with Gasteiger partial charge in [0.15, 0.2) is 0 Å². The van der Waals surface area contributed by atoms with Gasteiger partial charge in [0.05, 0.1) is 6.61 Å². The average Bonchev–Trinajstić information content (AvgIpc) is 3.62. The van der Waals surface area contributed by atoms with E-state index >= 15 is 0 Å². The van der Waals surface area contributed by atoms with E-state index in [2.05, 4.69) is 71.8 Å². The Bertz CT molecular complexity index is 1940. The number of hydrogen-bond donors (Lipinski definition) is 1. The minimum atomic E-state index is 0. The molecule has 5 aromatic rings. The lowest BCUT2D eigenvalue weighted by atomic mass is 9.74. The molecule has 1 aromatic heterocycles. The van der Waals surface area contributed by atoms with Gasteiger partial charge in [0.1, 0.15) is 5.75 Å². The van der Waals surface area contributed by atoms with Crippen LogP contribution in [-0.4, -0.2) is 41.8 Å². The maximum atomic E-state index is 14.3. The Morgan fingerprint density at radius 2 is 1.69 bits per heavy atom. The van der Waals surface area contributed by atoms with Crippen LogP contribution >= 0.6 is 12.4 Å². The second-order valence-electron chi connectivity index (χ2n) is 12.7. The van der Waals surface area contributed by atoms with Crippen LogP contribution in [0.15, 0.2) is 71.1 Å². The third-order valence-electron chi connectivity index (χ3n) is 10.0. The summed E-state index contributed by atoms with van der Waals surface area (Å²) in [7, 11) is 0. The van der Waals surface area contributed by atoms with Crippen LogP contribution in [0.5, 0.6) is 5.75 Å². The van der Waals surface area contributed by atoms with Gasteiger partial charge >= 0.3 is 0 Å². The number of ether oxygens (including phenoxy) is 1. The summed E-state index contributed by atoms with van der Waals surface area (Å²) in [5.41, 5.74) is 8.47. The van der Waals surface area contributed by atoms with Crippen LogP contribution in [0.1, 0.15) is 59.1 Å². The van der Waals surface area contributed by atoms with E-state index in [4.69, 9.17) is 9.15 Å². The SMILES string of the molecule is Cc1nnc(-c2cccc3c(-c4ccc(C(=O)N5c6cc7c(cc6CCC5C)OCC75CCNCC5)cc4C)cccc23)o1.Cl. The standard InChI is InChI=1S/C37H36N4O3.ClH/c1-22-18-26(12-13-27(22)28-6-4-8-30-29(28)7-5-9-31(30)35-40-39-24(3)44-35)36(42)41-23(2)10-11-25-19-34-32(20-33(25)41)37(21-43-34)14-16-38-17-15-37;/h4-9,12-13,18-20,23,38H,10-11,14-17,21H2,1-3H3;1H. The normalized spacial score (nSPS) is 18.3. The van der Waals surface area contributed by atoms with Crippen LogP contribution in [0.25, 0.3) is 33.4 Å². The molecule has 1 amide bonds. The molecule has 3 aliphatic heterocycles. The van der Waals surface area contributed by atoms with Gasteiger partial charge in [-0.2, -0.15) is 0 Å². The molecule has 8 heteroatoms. The zero-order valence-corrected chi connectivity index (χ0v) is 26.7. The summed E-state index contributed by atoms with van der Waals surface area (Å²) in [6.45, 7) is 8.80. The summed E-state index contributed by atoms with van der Waals surface area (Å²) >= 11 is 0. The lowest BCUT2D eigenvalue weighted by Crippen LogP contribution is -2.43. The fourth-order valence-corrected chi connectivity index (χ4v) is 7.60. The Morgan fingerprint density at radius 1 is 0.933 bits per heavy atom. The third-order valence-corrected chi connectivity index (χ3v) is 10.0. The minimum absolute atomic E-state index is 0. The number of amides is 1. The number of benzene rings is 4. The van der Waals surface area contributed by atoms with Crippen LogP contribution in [-0.2, 0) is 11.8 Å². The van der Waals surface area contributed by atoms with Crippen molar-refractivity contribution in [2.45, 2.75) is 57.9 Å². The molecule has 0 aliphatic carbocycles. The molecule has 230 valence electrons. The number of nitrogens with zero attached hydrogens (tertiary/aromatic N) is 3. The van der Waals surface area contributed by atoms with E-state index < -0.39 is 0 Å². The highest BCUT2D eigenvalue weighted by Crippen LogP contribution is 2.48. The Hall–Kier alpha value is -4.20. The molecule has 0 saturated carbocycles. The number of rotatable bonds is 3. The number of carbonyl (C=O) groups excluding carboxylic acids is 1. The van der Waals surface area contributed by atoms with Gasteiger partial charge in [0, 0.05) is 40.8 Å². The molecule has 45 heavy (non-hydrogen) atoms. The predicted octanol–water partition coefficient (Wildman–Crippen LogP) is 7.59. The van der Waals surface area contributed by atoms with Gasteiger partial charge in [-0.25, -0.2) is 0 Å². The number of fused-ring (bicyclic) bond motifs is 4. The summed E-state index contributed by atoms with van der Waals surface area (Å²) in [5.74, 6) is 2.12. The van der Waals surface area contributed by atoms with Gasteiger partial charge in [-0.1, -0.05) is 36.4 Å². The molecule has 4 heterocycles. The van der Waals surface area contributed by atoms with Gasteiger partial charge in [-0.15, -0.1) is 22.6 Å². The molecular weight excluding hydrogens is 584 g/mol. The molecule has 1 spiro atoms. The lowest BCUT2D eigenvalue weighted by Gasteiger charge is -2.37. The molecule has 1 unspecified atom stereocenters. The molecule has 8 rings (SSSR count). The average molecular weight is 621 g/mol. The molecular formula is C37H37ClN4O3. The summed E-state index contributed by atoms with van der Waals surface area (Å²) in [4.78, 5) is 16.4. The fourth-order valence-electron chi connectivity index (χ4n) is 7.60. The monoisotopic (exact) mass is 620 g/mol. The lowest BCUT2D eigenvalue weighted by molar-refractivity contribution is 0.0975. The van der Waals surface area contributed by atoms with E-state index in [-0.39, 0.29) is 29.8 Å². The fraction of sp³-hybridized carbons (Fsp3) is 0.324. The first kappa shape index (κ1) is 29.5. The number of aryl methyl sites for hydroxylation is 3. The first-order valence-electron chi connectivity index (χ1n) is 15.7. The largest absolute Gasteiger partial charge is 0.492 e. The van der Waals surface area contributed by atoms with Crippen molar-refractivity contribution < 1.29 is 13.9 Å². The quantitative estimate of drug-likeness (QED) is 0.224. The molecule has 7 nitrogen and oxygen atoms in total. The first-order valence-corrected chi connectivity index (χ1v) is 15.7. The zero-order chi connectivity index (χ0) is 30.0. The number of carbonyl (C=O) groups is 1.